The van der Waals surface area contributed by atoms with Crippen LogP contribution in [0.3, 0.4) is 0 Å². The van der Waals surface area contributed by atoms with Crippen molar-refractivity contribution in [2.45, 2.75) is 70.4 Å². The first-order valence-electron chi connectivity index (χ1n) is 12.9. The zero-order valence-electron chi connectivity index (χ0n) is 23.9. The Morgan fingerprint density at radius 3 is 2.25 bits per heavy atom. The van der Waals surface area contributed by atoms with Crippen LogP contribution < -0.4 is 5.32 Å². The number of halogens is 1. The molecule has 1 saturated heterocycles. The highest BCUT2D eigenvalue weighted by molar-refractivity contribution is 9.10. The quantitative estimate of drug-likeness (QED) is 0.272. The van der Waals surface area contributed by atoms with Crippen LogP contribution >= 0.6 is 15.9 Å². The van der Waals surface area contributed by atoms with Gasteiger partial charge in [0.25, 0.3) is 10.0 Å². The number of alkyl carbamates (subject to hydrolysis) is 1. The molecule has 0 unspecified atom stereocenters. The van der Waals surface area contributed by atoms with E-state index in [1.165, 1.54) is 17.3 Å². The minimum absolute atomic E-state index is 0.177. The fourth-order valence-electron chi connectivity index (χ4n) is 4.51. The van der Waals surface area contributed by atoms with Gasteiger partial charge in [0.1, 0.15) is 17.0 Å². The molecular weight excluding hydrogens is 600 g/mol. The number of benzene rings is 1. The van der Waals surface area contributed by atoms with Crippen molar-refractivity contribution in [1.29, 1.82) is 0 Å². The maximum absolute atomic E-state index is 13.5. The van der Waals surface area contributed by atoms with Crippen molar-refractivity contribution >= 4 is 43.9 Å². The van der Waals surface area contributed by atoms with Crippen molar-refractivity contribution in [2.75, 3.05) is 20.2 Å². The average molecular weight is 638 g/mol. The maximum atomic E-state index is 13.5. The van der Waals surface area contributed by atoms with Crippen LogP contribution in [0.2, 0.25) is 0 Å². The maximum Gasteiger partial charge on any atom is 0.408 e. The van der Waals surface area contributed by atoms with Crippen LogP contribution in [0.5, 0.6) is 0 Å². The molecule has 1 aromatic carbocycles. The second-order valence-electron chi connectivity index (χ2n) is 10.7. The number of rotatable bonds is 6. The van der Waals surface area contributed by atoms with Gasteiger partial charge in [-0.15, -0.1) is 0 Å². The second-order valence-corrected chi connectivity index (χ2v) is 13.3. The first-order chi connectivity index (χ1) is 18.6. The largest absolute Gasteiger partial charge is 0.467 e. The Hall–Kier alpha value is -3.12. The van der Waals surface area contributed by atoms with E-state index in [0.29, 0.717) is 34.7 Å². The summed E-state index contributed by atoms with van der Waals surface area (Å²) in [5.74, 6) is -0.0197. The number of methoxy groups -OCH3 is 1. The second kappa shape index (κ2) is 12.2. The third-order valence-electron chi connectivity index (χ3n) is 6.54. The van der Waals surface area contributed by atoms with Gasteiger partial charge in [0.15, 0.2) is 0 Å². The molecule has 0 radical (unpaired) electrons. The molecule has 1 N–H and O–H groups in total. The van der Waals surface area contributed by atoms with Crippen molar-refractivity contribution in [2.24, 2.45) is 4.99 Å². The predicted octanol–water partition coefficient (Wildman–Crippen LogP) is 4.92. The first kappa shape index (κ1) is 31.4. The molecule has 218 valence electrons. The van der Waals surface area contributed by atoms with E-state index in [0.717, 1.165) is 5.56 Å². The highest BCUT2D eigenvalue weighted by Crippen LogP contribution is 2.32. The summed E-state index contributed by atoms with van der Waals surface area (Å²) in [5, 5.41) is 2.74. The molecule has 0 saturated carbocycles. The lowest BCUT2D eigenvalue weighted by Gasteiger charge is -2.41. The molecule has 0 aliphatic carbocycles. The Balaban J connectivity index is 1.96. The zero-order valence-corrected chi connectivity index (χ0v) is 26.3. The lowest BCUT2D eigenvalue weighted by molar-refractivity contribution is -0.150. The Morgan fingerprint density at radius 1 is 1.12 bits per heavy atom. The minimum atomic E-state index is -3.86. The van der Waals surface area contributed by atoms with Gasteiger partial charge in [0, 0.05) is 35.7 Å². The summed E-state index contributed by atoms with van der Waals surface area (Å²) in [7, 11) is -2.58. The van der Waals surface area contributed by atoms with Gasteiger partial charge in [0.2, 0.25) is 0 Å². The molecule has 1 fully saturated rings. The number of amides is 1. The Bertz CT molecular complexity index is 1410. The van der Waals surface area contributed by atoms with E-state index in [2.05, 4.69) is 26.2 Å². The van der Waals surface area contributed by atoms with Gasteiger partial charge in [-0.1, -0.05) is 23.8 Å². The molecule has 1 aliphatic heterocycles. The van der Waals surface area contributed by atoms with Crippen molar-refractivity contribution < 1.29 is 27.5 Å². The van der Waals surface area contributed by atoms with Crippen molar-refractivity contribution in [1.82, 2.24) is 14.2 Å². The number of nitrogens with zero attached hydrogens (tertiary/aromatic N) is 3. The van der Waals surface area contributed by atoms with E-state index in [1.54, 1.807) is 64.2 Å². The van der Waals surface area contributed by atoms with E-state index in [4.69, 9.17) is 9.47 Å². The normalized spacial score (nSPS) is 16.2. The monoisotopic (exact) mass is 636 g/mol. The summed E-state index contributed by atoms with van der Waals surface area (Å²) < 4.78 is 39.3. The third kappa shape index (κ3) is 6.77. The number of likely N-dealkylation sites (tertiary alicyclic amines) is 1. The van der Waals surface area contributed by atoms with Gasteiger partial charge in [0.05, 0.1) is 17.6 Å². The lowest BCUT2D eigenvalue weighted by atomic mass is 9.87. The number of carbonyl (C=O) groups excluding carboxylic acids is 2. The minimum Gasteiger partial charge on any atom is -0.467 e. The van der Waals surface area contributed by atoms with Crippen molar-refractivity contribution in [3.05, 3.63) is 64.0 Å². The molecule has 1 aromatic heterocycles. The van der Waals surface area contributed by atoms with Gasteiger partial charge in [-0.2, -0.15) is 0 Å². The highest BCUT2D eigenvalue weighted by atomic mass is 79.9. The number of carbonyl (C=O) groups is 2. The summed E-state index contributed by atoms with van der Waals surface area (Å²) in [6, 6.07) is 6.68. The van der Waals surface area contributed by atoms with Gasteiger partial charge in [-0.3, -0.25) is 0 Å². The molecule has 12 heteroatoms. The number of nitrogens with one attached hydrogen (secondary N) is 1. The Morgan fingerprint density at radius 2 is 1.73 bits per heavy atom. The topological polar surface area (TPSA) is 119 Å². The molecular formula is C28H37BrN4O6S. The van der Waals surface area contributed by atoms with Gasteiger partial charge in [-0.25, -0.2) is 27.0 Å². The first-order valence-corrected chi connectivity index (χ1v) is 15.1. The van der Waals surface area contributed by atoms with Crippen molar-refractivity contribution in [3.63, 3.8) is 0 Å². The van der Waals surface area contributed by atoms with Crippen LogP contribution in [0.15, 0.2) is 57.1 Å². The molecule has 3 rings (SSSR count). The van der Waals surface area contributed by atoms with Gasteiger partial charge < -0.3 is 19.7 Å². The Labute approximate surface area is 244 Å². The van der Waals surface area contributed by atoms with E-state index in [9.17, 15) is 18.0 Å². The molecule has 0 bridgehead atoms. The third-order valence-corrected chi connectivity index (χ3v) is 8.91. The number of amidine groups is 1. The molecule has 2 heterocycles. The van der Waals surface area contributed by atoms with Gasteiger partial charge >= 0.3 is 12.1 Å². The van der Waals surface area contributed by atoms with Crippen LogP contribution in [0.25, 0.3) is 0 Å². The van der Waals surface area contributed by atoms with Crippen LogP contribution in [0.4, 0.5) is 4.79 Å². The molecule has 40 heavy (non-hydrogen) atoms. The predicted molar refractivity (Wildman–Crippen MR) is 157 cm³/mol. The smallest absolute Gasteiger partial charge is 0.408 e. The summed E-state index contributed by atoms with van der Waals surface area (Å²) in [5.41, 5.74) is 0.0447. The lowest BCUT2D eigenvalue weighted by Crippen LogP contribution is -2.61. The number of aryl methyl sites for hydroxylation is 1. The number of aromatic nitrogens is 1. The number of piperidine rings is 1. The fraction of sp³-hybridized carbons (Fsp3) is 0.464. The highest BCUT2D eigenvalue weighted by Gasteiger charge is 2.45. The van der Waals surface area contributed by atoms with Crippen molar-refractivity contribution in [3.8, 4) is 0 Å². The van der Waals surface area contributed by atoms with Gasteiger partial charge in [-0.05, 0) is 82.4 Å². The zero-order chi connectivity index (χ0) is 29.9. The standard InChI is InChI=1S/C28H37BrN4O6S/c1-8-15-30-24(23-20(3)33(18-22(23)29)40(36,37)21-11-9-19(2)10-12-21)32-16-13-28(14-17-32,25(34)38-7)31-26(35)39-27(4,5)6/h8-12,15,18H,13-14,16-17H2,1-7H3,(H,31,35)/b15-8?,30-24+. The van der Waals surface area contributed by atoms with E-state index in [1.807, 2.05) is 18.7 Å². The Kier molecular flexibility index (Phi) is 9.56. The fourth-order valence-corrected chi connectivity index (χ4v) is 6.72. The molecule has 1 aliphatic rings. The van der Waals surface area contributed by atoms with E-state index >= 15 is 0 Å². The summed E-state index contributed by atoms with van der Waals surface area (Å²) >= 11 is 3.56. The number of hydrogen-bond acceptors (Lipinski definition) is 7. The SMILES string of the molecule is CC=C/N=C(\c1c(Br)cn(S(=O)(=O)c2ccc(C)cc2)c1C)N1CCC(NC(=O)OC(C)(C)C)(C(=O)OC)CC1. The summed E-state index contributed by atoms with van der Waals surface area (Å²) in [6.07, 6.45) is 4.69. The van der Waals surface area contributed by atoms with E-state index < -0.39 is 33.2 Å². The van der Waals surface area contributed by atoms with Crippen LogP contribution in [-0.4, -0.2) is 66.5 Å². The van der Waals surface area contributed by atoms with Crippen LogP contribution in [0, 0.1) is 13.8 Å². The summed E-state index contributed by atoms with van der Waals surface area (Å²) in [6.45, 7) is 11.4. The number of esters is 1. The molecule has 0 spiro atoms. The molecule has 10 nitrogen and oxygen atoms in total. The average Bonchev–Trinajstić information content (AvgIpc) is 3.18. The molecule has 1 amide bonds. The summed E-state index contributed by atoms with van der Waals surface area (Å²) in [4.78, 5) is 32.3. The number of allylic oxidation sites excluding steroid dienone is 1. The number of ether oxygens (including phenoxy) is 2. The molecule has 0 atom stereocenters. The van der Waals surface area contributed by atoms with Crippen LogP contribution in [-0.2, 0) is 24.3 Å². The molecule has 2 aromatic rings. The number of aliphatic imine (C=N–C) groups is 1. The van der Waals surface area contributed by atoms with E-state index in [-0.39, 0.29) is 17.7 Å². The number of hydrogen-bond donors (Lipinski definition) is 1. The van der Waals surface area contributed by atoms with Crippen LogP contribution in [0.1, 0.15) is 57.4 Å².